The minimum atomic E-state index is -0.593. The lowest BCUT2D eigenvalue weighted by Gasteiger charge is -2.13. The summed E-state index contributed by atoms with van der Waals surface area (Å²) >= 11 is 0. The van der Waals surface area contributed by atoms with Gasteiger partial charge in [0.25, 0.3) is 17.2 Å². The van der Waals surface area contributed by atoms with Gasteiger partial charge in [-0.05, 0) is 31.2 Å². The number of carbonyl (C=O) groups is 1. The van der Waals surface area contributed by atoms with E-state index in [0.29, 0.717) is 17.1 Å². The molecule has 0 bridgehead atoms. The number of nitro groups is 1. The monoisotopic (exact) mass is 395 g/mol. The molecule has 0 saturated heterocycles. The van der Waals surface area contributed by atoms with Crippen molar-refractivity contribution in [1.82, 2.24) is 9.36 Å². The molecule has 1 aromatic heterocycles. The lowest BCUT2D eigenvalue weighted by Crippen LogP contribution is -2.23. The van der Waals surface area contributed by atoms with Gasteiger partial charge < -0.3 is 10.2 Å². The molecule has 3 rings (SSSR count). The van der Waals surface area contributed by atoms with Gasteiger partial charge in [0.05, 0.1) is 16.3 Å². The summed E-state index contributed by atoms with van der Waals surface area (Å²) in [6.07, 6.45) is 0. The van der Waals surface area contributed by atoms with E-state index in [-0.39, 0.29) is 22.5 Å². The summed E-state index contributed by atoms with van der Waals surface area (Å²) in [5, 5.41) is 14.0. The molecule has 0 spiro atoms. The smallest absolute Gasteiger partial charge is 0.295 e. The molecule has 0 aliphatic rings. The second-order valence-corrected chi connectivity index (χ2v) is 6.75. The number of carbonyl (C=O) groups excluding carboxylic acids is 1. The van der Waals surface area contributed by atoms with Crippen LogP contribution in [0, 0.1) is 17.0 Å². The quantitative estimate of drug-likeness (QED) is 0.529. The number of para-hydroxylation sites is 1. The first-order valence-corrected chi connectivity index (χ1v) is 8.83. The van der Waals surface area contributed by atoms with Gasteiger partial charge in [0.2, 0.25) is 0 Å². The number of nitro benzene ring substituents is 1. The molecule has 9 nitrogen and oxygen atoms in total. The van der Waals surface area contributed by atoms with E-state index in [2.05, 4.69) is 5.32 Å². The molecule has 2 aromatic carbocycles. The van der Waals surface area contributed by atoms with Gasteiger partial charge in [0.15, 0.2) is 0 Å². The first kappa shape index (κ1) is 19.9. The van der Waals surface area contributed by atoms with Crippen molar-refractivity contribution in [2.45, 2.75) is 6.92 Å². The average molecular weight is 395 g/mol. The van der Waals surface area contributed by atoms with Crippen LogP contribution in [0.4, 0.5) is 17.1 Å². The Morgan fingerprint density at radius 2 is 1.79 bits per heavy atom. The van der Waals surface area contributed by atoms with E-state index in [9.17, 15) is 19.7 Å². The molecule has 150 valence electrons. The maximum atomic E-state index is 12.9. The third-order valence-electron chi connectivity index (χ3n) is 4.71. The van der Waals surface area contributed by atoms with Crippen LogP contribution in [0.1, 0.15) is 16.1 Å². The molecule has 1 N–H and O–H groups in total. The Labute approximate surface area is 166 Å². The number of nitrogens with one attached hydrogen (secondary N) is 1. The summed E-state index contributed by atoms with van der Waals surface area (Å²) in [6.45, 7) is 1.72. The minimum Gasteiger partial charge on any atom is -0.372 e. The van der Waals surface area contributed by atoms with E-state index >= 15 is 0 Å². The zero-order valence-electron chi connectivity index (χ0n) is 16.5. The third-order valence-corrected chi connectivity index (χ3v) is 4.71. The summed E-state index contributed by atoms with van der Waals surface area (Å²) in [4.78, 5) is 38.1. The zero-order valence-corrected chi connectivity index (χ0v) is 16.5. The van der Waals surface area contributed by atoms with Gasteiger partial charge in [-0.1, -0.05) is 18.2 Å². The van der Waals surface area contributed by atoms with Crippen molar-refractivity contribution in [1.29, 1.82) is 0 Å². The minimum absolute atomic E-state index is 0.0937. The first-order valence-electron chi connectivity index (χ1n) is 8.83. The number of hydrogen-bond acceptors (Lipinski definition) is 5. The molecule has 0 unspecified atom stereocenters. The number of benzene rings is 2. The predicted molar refractivity (Wildman–Crippen MR) is 111 cm³/mol. The molecule has 0 aliphatic heterocycles. The topological polar surface area (TPSA) is 102 Å². The Morgan fingerprint density at radius 3 is 2.38 bits per heavy atom. The number of anilines is 2. The first-order chi connectivity index (χ1) is 13.7. The molecule has 0 radical (unpaired) electrons. The predicted octanol–water partition coefficient (Wildman–Crippen LogP) is 2.71. The lowest BCUT2D eigenvalue weighted by atomic mass is 10.1. The average Bonchev–Trinajstić information content (AvgIpc) is 2.91. The molecule has 9 heteroatoms. The third kappa shape index (κ3) is 3.62. The SMILES string of the molecule is Cc1c(NC(=O)c2ccc(N(C)C)c([N+](=O)[O-])c2)c(=O)n(-c2ccccc2)n1C. The van der Waals surface area contributed by atoms with Crippen molar-refractivity contribution in [3.8, 4) is 5.69 Å². The fourth-order valence-electron chi connectivity index (χ4n) is 3.09. The highest BCUT2D eigenvalue weighted by Gasteiger charge is 2.22. The van der Waals surface area contributed by atoms with Crippen LogP contribution in [0.25, 0.3) is 5.69 Å². The van der Waals surface area contributed by atoms with Crippen molar-refractivity contribution in [3.63, 3.8) is 0 Å². The Hall–Kier alpha value is -3.88. The number of hydrogen-bond donors (Lipinski definition) is 1. The maximum Gasteiger partial charge on any atom is 0.295 e. The molecular weight excluding hydrogens is 374 g/mol. The maximum absolute atomic E-state index is 12.9. The van der Waals surface area contributed by atoms with E-state index in [1.54, 1.807) is 49.8 Å². The Kier molecular flexibility index (Phi) is 5.22. The second-order valence-electron chi connectivity index (χ2n) is 6.75. The largest absolute Gasteiger partial charge is 0.372 e. The molecule has 1 heterocycles. The van der Waals surface area contributed by atoms with Crippen LogP contribution in [0.15, 0.2) is 53.3 Å². The van der Waals surface area contributed by atoms with Gasteiger partial charge in [-0.25, -0.2) is 4.68 Å². The standard InChI is InChI=1S/C20H21N5O4/c1-13-18(20(27)24(23(13)4)15-8-6-5-7-9-15)21-19(26)14-10-11-16(22(2)3)17(12-14)25(28)29/h5-12H,1-4H3,(H,21,26). The number of nitrogens with zero attached hydrogens (tertiary/aromatic N) is 4. The highest BCUT2D eigenvalue weighted by molar-refractivity contribution is 6.05. The van der Waals surface area contributed by atoms with E-state index in [1.807, 2.05) is 18.2 Å². The van der Waals surface area contributed by atoms with Crippen LogP contribution in [-0.4, -0.2) is 34.3 Å². The fraction of sp³-hybridized carbons (Fsp3) is 0.200. The Bertz CT molecular complexity index is 1150. The van der Waals surface area contributed by atoms with Crippen molar-refractivity contribution in [3.05, 3.63) is 80.3 Å². The number of aromatic nitrogens is 2. The van der Waals surface area contributed by atoms with Gasteiger partial charge in [-0.3, -0.25) is 24.4 Å². The molecule has 0 fully saturated rings. The van der Waals surface area contributed by atoms with Crippen LogP contribution < -0.4 is 15.8 Å². The molecule has 0 aliphatic carbocycles. The van der Waals surface area contributed by atoms with Crippen molar-refractivity contribution >= 4 is 23.0 Å². The van der Waals surface area contributed by atoms with Gasteiger partial charge in [0, 0.05) is 32.8 Å². The van der Waals surface area contributed by atoms with E-state index in [1.165, 1.54) is 22.9 Å². The molecule has 0 saturated carbocycles. The highest BCUT2D eigenvalue weighted by atomic mass is 16.6. The van der Waals surface area contributed by atoms with Crippen molar-refractivity contribution < 1.29 is 9.72 Å². The molecule has 1 amide bonds. The van der Waals surface area contributed by atoms with Gasteiger partial charge in [0.1, 0.15) is 11.4 Å². The summed E-state index contributed by atoms with van der Waals surface area (Å²) in [7, 11) is 5.08. The van der Waals surface area contributed by atoms with E-state index < -0.39 is 10.8 Å². The fourth-order valence-corrected chi connectivity index (χ4v) is 3.09. The summed E-state index contributed by atoms with van der Waals surface area (Å²) in [6, 6.07) is 13.3. The molecule has 0 atom stereocenters. The Morgan fingerprint density at radius 1 is 1.14 bits per heavy atom. The van der Waals surface area contributed by atoms with Crippen LogP contribution in [0.5, 0.6) is 0 Å². The van der Waals surface area contributed by atoms with Gasteiger partial charge in [-0.2, -0.15) is 0 Å². The zero-order chi connectivity index (χ0) is 21.3. The summed E-state index contributed by atoms with van der Waals surface area (Å²) in [5.74, 6) is -0.593. The van der Waals surface area contributed by atoms with Crippen LogP contribution >= 0.6 is 0 Å². The van der Waals surface area contributed by atoms with Crippen molar-refractivity contribution in [2.24, 2.45) is 7.05 Å². The van der Waals surface area contributed by atoms with E-state index in [0.717, 1.165) is 0 Å². The Balaban J connectivity index is 2.00. The normalized spacial score (nSPS) is 10.6. The lowest BCUT2D eigenvalue weighted by molar-refractivity contribution is -0.384. The van der Waals surface area contributed by atoms with E-state index in [4.69, 9.17) is 0 Å². The van der Waals surface area contributed by atoms with Crippen LogP contribution in [0.2, 0.25) is 0 Å². The number of amides is 1. The van der Waals surface area contributed by atoms with Gasteiger partial charge in [-0.15, -0.1) is 0 Å². The highest BCUT2D eigenvalue weighted by Crippen LogP contribution is 2.28. The second kappa shape index (κ2) is 7.63. The summed E-state index contributed by atoms with van der Waals surface area (Å²) < 4.78 is 3.09. The van der Waals surface area contributed by atoms with Crippen LogP contribution in [-0.2, 0) is 7.05 Å². The van der Waals surface area contributed by atoms with Crippen LogP contribution in [0.3, 0.4) is 0 Å². The molecule has 3 aromatic rings. The summed E-state index contributed by atoms with van der Waals surface area (Å²) in [5.41, 5.74) is 1.25. The number of rotatable bonds is 5. The molecule has 29 heavy (non-hydrogen) atoms. The van der Waals surface area contributed by atoms with Crippen molar-refractivity contribution in [2.75, 3.05) is 24.3 Å². The molecular formula is C20H21N5O4. The van der Waals surface area contributed by atoms with Gasteiger partial charge >= 0.3 is 0 Å².